The summed E-state index contributed by atoms with van der Waals surface area (Å²) < 4.78 is 18.3. The molecule has 5 nitrogen and oxygen atoms in total. The number of H-pyrrole nitrogens is 1. The number of aromatic nitrogens is 1. The summed E-state index contributed by atoms with van der Waals surface area (Å²) >= 11 is 0. The van der Waals surface area contributed by atoms with Gasteiger partial charge in [0.25, 0.3) is 0 Å². The van der Waals surface area contributed by atoms with Crippen LogP contribution in [0.5, 0.6) is 0 Å². The SMILES string of the molecule is CC/C(C)=C/C(=C\c1oc(=O)[nH]c1C)NC(=O)CC1CC=C(c2ccc(F)cc2)CC1. The first-order valence-electron chi connectivity index (χ1n) is 10.7. The van der Waals surface area contributed by atoms with Gasteiger partial charge in [-0.25, -0.2) is 9.18 Å². The van der Waals surface area contributed by atoms with E-state index in [4.69, 9.17) is 4.42 Å². The molecule has 2 N–H and O–H groups in total. The molecule has 6 heteroatoms. The molecule has 3 rings (SSSR count). The van der Waals surface area contributed by atoms with E-state index >= 15 is 0 Å². The lowest BCUT2D eigenvalue weighted by Gasteiger charge is -2.22. The minimum absolute atomic E-state index is 0.0643. The first kappa shape index (κ1) is 22.5. The Morgan fingerprint density at radius 3 is 2.65 bits per heavy atom. The highest BCUT2D eigenvalue weighted by Gasteiger charge is 2.19. The molecule has 0 bridgehead atoms. The van der Waals surface area contributed by atoms with Gasteiger partial charge in [0, 0.05) is 18.2 Å². The molecule has 0 aliphatic heterocycles. The van der Waals surface area contributed by atoms with Crippen molar-refractivity contribution in [3.63, 3.8) is 0 Å². The van der Waals surface area contributed by atoms with Crippen LogP contribution in [0, 0.1) is 18.7 Å². The summed E-state index contributed by atoms with van der Waals surface area (Å²) in [5, 5.41) is 2.97. The molecule has 1 aromatic carbocycles. The molecule has 1 aromatic heterocycles. The fourth-order valence-corrected chi connectivity index (χ4v) is 3.65. The topological polar surface area (TPSA) is 75.1 Å². The van der Waals surface area contributed by atoms with Crippen LogP contribution in [0.4, 0.5) is 4.39 Å². The van der Waals surface area contributed by atoms with E-state index in [1.807, 2.05) is 19.9 Å². The zero-order valence-corrected chi connectivity index (χ0v) is 18.3. The van der Waals surface area contributed by atoms with E-state index in [0.29, 0.717) is 23.6 Å². The molecular weight excluding hydrogens is 395 g/mol. The quantitative estimate of drug-likeness (QED) is 0.576. The Morgan fingerprint density at radius 2 is 2.06 bits per heavy atom. The zero-order valence-electron chi connectivity index (χ0n) is 18.3. The Labute approximate surface area is 181 Å². The third-order valence-corrected chi connectivity index (χ3v) is 5.60. The number of benzene rings is 1. The number of aryl methyl sites for hydroxylation is 1. The Hall–Kier alpha value is -3.15. The van der Waals surface area contributed by atoms with E-state index in [2.05, 4.69) is 16.4 Å². The molecule has 1 aliphatic rings. The maximum absolute atomic E-state index is 13.1. The molecule has 164 valence electrons. The largest absolute Gasteiger partial charge is 0.417 e. The lowest BCUT2D eigenvalue weighted by atomic mass is 9.85. The van der Waals surface area contributed by atoms with Gasteiger partial charge in [0.15, 0.2) is 5.76 Å². The normalized spacial score (nSPS) is 17.4. The van der Waals surface area contributed by atoms with Crippen molar-refractivity contribution in [1.29, 1.82) is 0 Å². The minimum Gasteiger partial charge on any atom is -0.408 e. The van der Waals surface area contributed by atoms with Crippen LogP contribution in [-0.4, -0.2) is 10.9 Å². The summed E-state index contributed by atoms with van der Waals surface area (Å²) in [6.07, 6.45) is 9.59. The van der Waals surface area contributed by atoms with Crippen molar-refractivity contribution in [3.8, 4) is 0 Å². The van der Waals surface area contributed by atoms with Crippen LogP contribution in [0.1, 0.15) is 63.0 Å². The highest BCUT2D eigenvalue weighted by atomic mass is 19.1. The highest BCUT2D eigenvalue weighted by molar-refractivity contribution is 5.80. The van der Waals surface area contributed by atoms with Gasteiger partial charge < -0.3 is 9.73 Å². The van der Waals surface area contributed by atoms with Crippen molar-refractivity contribution in [2.24, 2.45) is 5.92 Å². The molecule has 1 heterocycles. The van der Waals surface area contributed by atoms with Gasteiger partial charge in [-0.2, -0.15) is 0 Å². The molecule has 0 saturated carbocycles. The summed E-state index contributed by atoms with van der Waals surface area (Å²) in [5.74, 6) is -0.152. The number of allylic oxidation sites excluding steroid dienone is 4. The average molecular weight is 425 g/mol. The number of hydrogen-bond acceptors (Lipinski definition) is 3. The van der Waals surface area contributed by atoms with Crippen LogP contribution in [0.25, 0.3) is 11.6 Å². The van der Waals surface area contributed by atoms with Crippen LogP contribution in [0.2, 0.25) is 0 Å². The zero-order chi connectivity index (χ0) is 22.4. The maximum Gasteiger partial charge on any atom is 0.417 e. The third-order valence-electron chi connectivity index (χ3n) is 5.60. The summed E-state index contributed by atoms with van der Waals surface area (Å²) in [6, 6.07) is 6.55. The van der Waals surface area contributed by atoms with E-state index in [0.717, 1.165) is 36.8 Å². The van der Waals surface area contributed by atoms with E-state index in [1.54, 1.807) is 25.1 Å². The van der Waals surface area contributed by atoms with Gasteiger partial charge in [-0.1, -0.05) is 30.7 Å². The monoisotopic (exact) mass is 424 g/mol. The fraction of sp³-hybridized carbons (Fsp3) is 0.360. The van der Waals surface area contributed by atoms with Gasteiger partial charge in [0.2, 0.25) is 5.91 Å². The second-order valence-corrected chi connectivity index (χ2v) is 8.08. The van der Waals surface area contributed by atoms with E-state index in [-0.39, 0.29) is 17.6 Å². The lowest BCUT2D eigenvalue weighted by Crippen LogP contribution is -2.25. The maximum atomic E-state index is 13.1. The third kappa shape index (κ3) is 6.41. The molecule has 0 spiro atoms. The lowest BCUT2D eigenvalue weighted by molar-refractivity contribution is -0.121. The van der Waals surface area contributed by atoms with Gasteiger partial charge in [-0.05, 0) is 74.8 Å². The van der Waals surface area contributed by atoms with Gasteiger partial charge in [-0.15, -0.1) is 0 Å². The Balaban J connectivity index is 1.65. The number of amides is 1. The molecule has 31 heavy (non-hydrogen) atoms. The minimum atomic E-state index is -0.517. The molecule has 1 amide bonds. The van der Waals surface area contributed by atoms with Crippen molar-refractivity contribution >= 4 is 17.6 Å². The number of aromatic amines is 1. The van der Waals surface area contributed by atoms with Crippen molar-refractivity contribution in [2.75, 3.05) is 0 Å². The van der Waals surface area contributed by atoms with Gasteiger partial charge in [0.05, 0.1) is 5.69 Å². The van der Waals surface area contributed by atoms with Crippen LogP contribution < -0.4 is 11.1 Å². The van der Waals surface area contributed by atoms with E-state index < -0.39 is 5.76 Å². The number of carbonyl (C=O) groups is 1. The Bertz CT molecular complexity index is 1070. The molecule has 0 radical (unpaired) electrons. The van der Waals surface area contributed by atoms with Crippen LogP contribution in [-0.2, 0) is 4.79 Å². The molecule has 0 fully saturated rings. The summed E-state index contributed by atoms with van der Waals surface area (Å²) in [5.41, 5.74) is 4.57. The van der Waals surface area contributed by atoms with E-state index in [9.17, 15) is 14.0 Å². The fourth-order valence-electron chi connectivity index (χ4n) is 3.65. The smallest absolute Gasteiger partial charge is 0.408 e. The predicted molar refractivity (Wildman–Crippen MR) is 121 cm³/mol. The number of halogens is 1. The molecule has 1 aliphatic carbocycles. The number of rotatable bonds is 7. The van der Waals surface area contributed by atoms with Gasteiger partial charge in [0.1, 0.15) is 5.82 Å². The van der Waals surface area contributed by atoms with Crippen molar-refractivity contribution < 1.29 is 13.6 Å². The number of carbonyl (C=O) groups excluding carboxylic acids is 1. The van der Waals surface area contributed by atoms with Crippen molar-refractivity contribution in [2.45, 2.75) is 52.9 Å². The first-order valence-corrected chi connectivity index (χ1v) is 10.7. The number of oxazole rings is 1. The van der Waals surface area contributed by atoms with Crippen LogP contribution in [0.15, 0.2) is 56.9 Å². The predicted octanol–water partition coefficient (Wildman–Crippen LogP) is 5.50. The highest BCUT2D eigenvalue weighted by Crippen LogP contribution is 2.32. The number of nitrogens with one attached hydrogen (secondary N) is 2. The summed E-state index contributed by atoms with van der Waals surface area (Å²) in [7, 11) is 0. The van der Waals surface area contributed by atoms with Gasteiger partial charge in [-0.3, -0.25) is 9.78 Å². The molecular formula is C25H29FN2O3. The summed E-state index contributed by atoms with van der Waals surface area (Å²) in [4.78, 5) is 26.7. The molecule has 1 atom stereocenters. The average Bonchev–Trinajstić information content (AvgIpc) is 3.05. The molecule has 1 unspecified atom stereocenters. The van der Waals surface area contributed by atoms with Crippen molar-refractivity contribution in [3.05, 3.63) is 81.1 Å². The Kier molecular flexibility index (Phi) is 7.45. The molecule has 0 saturated heterocycles. The second-order valence-electron chi connectivity index (χ2n) is 8.08. The van der Waals surface area contributed by atoms with Crippen molar-refractivity contribution in [1.82, 2.24) is 10.3 Å². The Morgan fingerprint density at radius 1 is 1.32 bits per heavy atom. The second kappa shape index (κ2) is 10.2. The van der Waals surface area contributed by atoms with E-state index in [1.165, 1.54) is 17.7 Å². The summed E-state index contributed by atoms with van der Waals surface area (Å²) in [6.45, 7) is 5.78. The standard InChI is InChI=1S/C25H29FN2O3/c1-4-16(2)13-22(15-23-17(3)27-25(30)31-23)28-24(29)14-18-5-7-19(8-6-18)20-9-11-21(26)12-10-20/h7,9-13,15,18H,4-6,8,14H2,1-3H3,(H,27,30)(H,28,29)/b16-13+,22-15+. The first-order chi connectivity index (χ1) is 14.8. The van der Waals surface area contributed by atoms with Crippen LogP contribution >= 0.6 is 0 Å². The van der Waals surface area contributed by atoms with Crippen LogP contribution in [0.3, 0.4) is 0 Å². The number of hydrogen-bond donors (Lipinski definition) is 2. The molecule has 2 aromatic rings. The van der Waals surface area contributed by atoms with Gasteiger partial charge >= 0.3 is 5.76 Å².